The van der Waals surface area contributed by atoms with Crippen LogP contribution in [0, 0.1) is 0 Å². The summed E-state index contributed by atoms with van der Waals surface area (Å²) in [6.07, 6.45) is 2.19. The molecule has 6 nitrogen and oxygen atoms in total. The molecule has 1 aliphatic rings. The van der Waals surface area contributed by atoms with Gasteiger partial charge in [0.1, 0.15) is 4.21 Å². The fourth-order valence-electron chi connectivity index (χ4n) is 3.97. The van der Waals surface area contributed by atoms with Gasteiger partial charge in [-0.3, -0.25) is 14.4 Å². The number of nitrogens with one attached hydrogen (secondary N) is 2. The Bertz CT molecular complexity index is 1140. The lowest BCUT2D eigenvalue weighted by atomic mass is 10.0. The predicted molar refractivity (Wildman–Crippen MR) is 122 cm³/mol. The molecule has 1 fully saturated rings. The number of likely N-dealkylation sites (N-methyl/N-ethyl adjacent to an activating group) is 1. The van der Waals surface area contributed by atoms with E-state index in [1.165, 1.54) is 0 Å². The third-order valence-corrected chi connectivity index (χ3v) is 8.30. The van der Waals surface area contributed by atoms with E-state index in [0.717, 1.165) is 48.0 Å². The molecule has 30 heavy (non-hydrogen) atoms. The monoisotopic (exact) mass is 443 g/mol. The Hall–Kier alpha value is -2.42. The van der Waals surface area contributed by atoms with Crippen LogP contribution in [0.5, 0.6) is 0 Å². The van der Waals surface area contributed by atoms with Gasteiger partial charge in [0.05, 0.1) is 11.3 Å². The Balaban J connectivity index is 1.63. The third-order valence-electron chi connectivity index (χ3n) is 5.54. The lowest BCUT2D eigenvalue weighted by Crippen LogP contribution is -2.40. The summed E-state index contributed by atoms with van der Waals surface area (Å²) in [6.45, 7) is 4.69. The lowest BCUT2D eigenvalue weighted by molar-refractivity contribution is 0.0942. The van der Waals surface area contributed by atoms with E-state index in [1.807, 2.05) is 24.3 Å². The van der Waals surface area contributed by atoms with Crippen LogP contribution in [0.4, 0.5) is 5.69 Å². The first-order valence-corrected chi connectivity index (χ1v) is 12.5. The molecule has 0 aliphatic carbocycles. The van der Waals surface area contributed by atoms with Crippen molar-refractivity contribution in [2.75, 3.05) is 24.4 Å². The van der Waals surface area contributed by atoms with Crippen molar-refractivity contribution >= 4 is 43.7 Å². The number of likely N-dealkylation sites (tertiary alicyclic amines) is 1. The van der Waals surface area contributed by atoms with E-state index >= 15 is 0 Å². The van der Waals surface area contributed by atoms with Crippen LogP contribution >= 0.6 is 11.3 Å². The number of hydrogen-bond acceptors (Lipinski definition) is 5. The number of sulfonamides is 1. The fraction of sp³-hybridized carbons (Fsp3) is 0.318. The molecular formula is C22H25N3O3S2. The van der Waals surface area contributed by atoms with Crippen LogP contribution in [0.3, 0.4) is 0 Å². The number of thiophene rings is 1. The summed E-state index contributed by atoms with van der Waals surface area (Å²) in [7, 11) is -3.76. The van der Waals surface area contributed by atoms with Crippen LogP contribution in [-0.4, -0.2) is 44.9 Å². The maximum Gasteiger partial charge on any atom is 0.271 e. The molecule has 2 N–H and O–H groups in total. The first-order valence-electron chi connectivity index (χ1n) is 10.1. The number of benzene rings is 2. The molecule has 0 unspecified atom stereocenters. The van der Waals surface area contributed by atoms with Crippen molar-refractivity contribution < 1.29 is 13.2 Å². The van der Waals surface area contributed by atoms with Crippen molar-refractivity contribution in [3.63, 3.8) is 0 Å². The van der Waals surface area contributed by atoms with Crippen LogP contribution in [0.25, 0.3) is 10.8 Å². The van der Waals surface area contributed by atoms with E-state index in [2.05, 4.69) is 21.9 Å². The molecule has 0 saturated carbocycles. The molecule has 3 aromatic rings. The van der Waals surface area contributed by atoms with Gasteiger partial charge in [0.2, 0.25) is 0 Å². The molecule has 1 aromatic heterocycles. The molecule has 2 aromatic carbocycles. The van der Waals surface area contributed by atoms with Gasteiger partial charge in [-0.1, -0.05) is 37.3 Å². The summed E-state index contributed by atoms with van der Waals surface area (Å²) in [5.41, 5.74) is 0.619. The topological polar surface area (TPSA) is 78.5 Å². The van der Waals surface area contributed by atoms with Crippen LogP contribution in [0.2, 0.25) is 0 Å². The zero-order valence-corrected chi connectivity index (χ0v) is 18.4. The standard InChI is InChI=1S/C22H25N3O3S2/c1-2-25-11-5-9-18(25)15-23-22(26)19-13-16-7-3-4-8-17(16)14-20(19)24-30(27,28)21-10-6-12-29-21/h3-4,6-8,10,12-14,18,24H,2,5,9,11,15H2,1H3,(H,23,26)/t18-/m1/s1. The Morgan fingerprint density at radius 3 is 2.63 bits per heavy atom. The van der Waals surface area contributed by atoms with Crippen molar-refractivity contribution in [1.82, 2.24) is 10.2 Å². The van der Waals surface area contributed by atoms with E-state index in [0.29, 0.717) is 23.8 Å². The van der Waals surface area contributed by atoms with E-state index in [-0.39, 0.29) is 10.1 Å². The minimum atomic E-state index is -3.76. The molecule has 0 radical (unpaired) electrons. The molecule has 1 aliphatic heterocycles. The third kappa shape index (κ3) is 4.35. The lowest BCUT2D eigenvalue weighted by Gasteiger charge is -2.23. The number of carbonyl (C=O) groups is 1. The van der Waals surface area contributed by atoms with E-state index in [1.54, 1.807) is 29.6 Å². The Morgan fingerprint density at radius 1 is 1.17 bits per heavy atom. The van der Waals surface area contributed by atoms with Crippen LogP contribution in [-0.2, 0) is 10.0 Å². The number of anilines is 1. The average molecular weight is 444 g/mol. The molecule has 4 rings (SSSR count). The largest absolute Gasteiger partial charge is 0.350 e. The van der Waals surface area contributed by atoms with Crippen molar-refractivity contribution in [3.05, 3.63) is 59.5 Å². The van der Waals surface area contributed by atoms with Crippen LogP contribution in [0.1, 0.15) is 30.1 Å². The van der Waals surface area contributed by atoms with Gasteiger partial charge in [0.15, 0.2) is 0 Å². The Labute approximate surface area is 181 Å². The minimum absolute atomic E-state index is 0.214. The SMILES string of the molecule is CCN1CCC[C@@H]1CNC(=O)c1cc2ccccc2cc1NS(=O)(=O)c1cccs1. The molecule has 2 heterocycles. The Morgan fingerprint density at radius 2 is 1.93 bits per heavy atom. The van der Waals surface area contributed by atoms with Gasteiger partial charge < -0.3 is 5.32 Å². The first kappa shape index (κ1) is 20.8. The first-order chi connectivity index (χ1) is 14.5. The fourth-order valence-corrected chi connectivity index (χ4v) is 6.04. The predicted octanol–water partition coefficient (Wildman–Crippen LogP) is 3.92. The quantitative estimate of drug-likeness (QED) is 0.580. The van der Waals surface area contributed by atoms with E-state index in [9.17, 15) is 13.2 Å². The highest BCUT2D eigenvalue weighted by atomic mass is 32.2. The molecular weight excluding hydrogens is 418 g/mol. The van der Waals surface area contributed by atoms with Crippen molar-refractivity contribution in [3.8, 4) is 0 Å². The van der Waals surface area contributed by atoms with Gasteiger partial charge in [-0.05, 0) is 60.3 Å². The molecule has 0 bridgehead atoms. The number of hydrogen-bond donors (Lipinski definition) is 2. The normalized spacial score (nSPS) is 17.3. The minimum Gasteiger partial charge on any atom is -0.350 e. The average Bonchev–Trinajstić information content (AvgIpc) is 3.43. The highest BCUT2D eigenvalue weighted by Gasteiger charge is 2.25. The molecule has 8 heteroatoms. The van der Waals surface area contributed by atoms with Crippen molar-refractivity contribution in [2.24, 2.45) is 0 Å². The zero-order chi connectivity index (χ0) is 21.1. The van der Waals surface area contributed by atoms with Gasteiger partial charge in [-0.25, -0.2) is 8.42 Å². The summed E-state index contributed by atoms with van der Waals surface area (Å²) >= 11 is 1.14. The van der Waals surface area contributed by atoms with Crippen LogP contribution < -0.4 is 10.0 Å². The summed E-state index contributed by atoms with van der Waals surface area (Å²) in [5, 5.41) is 6.48. The zero-order valence-electron chi connectivity index (χ0n) is 16.8. The van der Waals surface area contributed by atoms with Gasteiger partial charge in [0.25, 0.3) is 15.9 Å². The van der Waals surface area contributed by atoms with Crippen molar-refractivity contribution in [1.29, 1.82) is 0 Å². The molecule has 1 atom stereocenters. The van der Waals surface area contributed by atoms with Crippen LogP contribution in [0.15, 0.2) is 58.1 Å². The highest BCUT2D eigenvalue weighted by molar-refractivity contribution is 7.94. The van der Waals surface area contributed by atoms with E-state index in [4.69, 9.17) is 0 Å². The summed E-state index contributed by atoms with van der Waals surface area (Å²) in [6, 6.07) is 14.6. The number of fused-ring (bicyclic) bond motifs is 1. The number of carbonyl (C=O) groups excluding carboxylic acids is 1. The van der Waals surface area contributed by atoms with Gasteiger partial charge in [0, 0.05) is 12.6 Å². The molecule has 0 spiro atoms. The van der Waals surface area contributed by atoms with Gasteiger partial charge in [-0.2, -0.15) is 0 Å². The van der Waals surface area contributed by atoms with E-state index < -0.39 is 10.0 Å². The molecule has 1 saturated heterocycles. The second kappa shape index (κ2) is 8.75. The number of nitrogens with zero attached hydrogens (tertiary/aromatic N) is 1. The summed E-state index contributed by atoms with van der Waals surface area (Å²) in [4.78, 5) is 15.4. The summed E-state index contributed by atoms with van der Waals surface area (Å²) in [5.74, 6) is -0.271. The van der Waals surface area contributed by atoms with Crippen molar-refractivity contribution in [2.45, 2.75) is 30.0 Å². The second-order valence-corrected chi connectivity index (χ2v) is 10.3. The second-order valence-electron chi connectivity index (χ2n) is 7.42. The maximum absolute atomic E-state index is 13.1. The Kier molecular flexibility index (Phi) is 6.08. The van der Waals surface area contributed by atoms with Gasteiger partial charge in [-0.15, -0.1) is 11.3 Å². The molecule has 1 amide bonds. The number of amides is 1. The van der Waals surface area contributed by atoms with Gasteiger partial charge >= 0.3 is 0 Å². The highest BCUT2D eigenvalue weighted by Crippen LogP contribution is 2.28. The number of rotatable bonds is 7. The smallest absolute Gasteiger partial charge is 0.271 e. The molecule has 158 valence electrons. The maximum atomic E-state index is 13.1. The summed E-state index contributed by atoms with van der Waals surface area (Å²) < 4.78 is 28.4.